The van der Waals surface area contributed by atoms with Crippen LogP contribution in [0.25, 0.3) is 11.5 Å². The number of amides is 2. The number of benzene rings is 2. The molecule has 1 N–H and O–H groups in total. The van der Waals surface area contributed by atoms with Crippen LogP contribution in [0.5, 0.6) is 0 Å². The highest BCUT2D eigenvalue weighted by Gasteiger charge is 2.40. The number of halogens is 1. The molecular formula is C24H23FN6O2. The molecule has 5 rings (SSSR count). The molecule has 2 unspecified atom stereocenters. The van der Waals surface area contributed by atoms with Crippen molar-refractivity contribution in [3.05, 3.63) is 70.9 Å². The largest absolute Gasteiger partial charge is 0.421 e. The molecule has 0 aliphatic carbocycles. The topological polar surface area (TPSA) is 96.0 Å². The molecule has 2 aromatic carbocycles. The number of aliphatic imine (C=N–C) groups is 2. The average Bonchev–Trinajstić information content (AvgIpc) is 3.36. The lowest BCUT2D eigenvalue weighted by atomic mass is 9.95. The zero-order valence-electron chi connectivity index (χ0n) is 18.5. The molecule has 33 heavy (non-hydrogen) atoms. The third-order valence-corrected chi connectivity index (χ3v) is 5.75. The van der Waals surface area contributed by atoms with E-state index in [9.17, 15) is 9.18 Å². The van der Waals surface area contributed by atoms with Gasteiger partial charge < -0.3 is 9.73 Å². The molecule has 2 amide bonds. The molecule has 9 heteroatoms. The van der Waals surface area contributed by atoms with Crippen LogP contribution in [0.15, 0.2) is 56.9 Å². The molecule has 0 saturated carbocycles. The van der Waals surface area contributed by atoms with E-state index >= 15 is 0 Å². The SMILES string of the molecule is Cc1nnc(-c2ccc(CN3C(=O)NC4C=NC(c5cccc(F)c5C(C)C)=NC43)cc2)o1. The van der Waals surface area contributed by atoms with Gasteiger partial charge in [-0.25, -0.2) is 19.2 Å². The second-order valence-corrected chi connectivity index (χ2v) is 8.43. The molecule has 3 heterocycles. The van der Waals surface area contributed by atoms with Crippen molar-refractivity contribution in [2.45, 2.75) is 45.4 Å². The van der Waals surface area contributed by atoms with Gasteiger partial charge >= 0.3 is 6.03 Å². The summed E-state index contributed by atoms with van der Waals surface area (Å²) in [6, 6.07) is 12.0. The van der Waals surface area contributed by atoms with E-state index in [1.807, 2.05) is 44.2 Å². The number of amidine groups is 1. The number of nitrogens with zero attached hydrogens (tertiary/aromatic N) is 5. The summed E-state index contributed by atoms with van der Waals surface area (Å²) in [6.07, 6.45) is 1.22. The maximum Gasteiger partial charge on any atom is 0.320 e. The van der Waals surface area contributed by atoms with Crippen LogP contribution in [0.2, 0.25) is 0 Å². The zero-order chi connectivity index (χ0) is 23.1. The Balaban J connectivity index is 1.41. The van der Waals surface area contributed by atoms with E-state index in [4.69, 9.17) is 9.41 Å². The summed E-state index contributed by atoms with van der Waals surface area (Å²) in [4.78, 5) is 23.6. The number of aryl methyl sites for hydroxylation is 1. The van der Waals surface area contributed by atoms with E-state index in [0.717, 1.165) is 11.1 Å². The highest BCUT2D eigenvalue weighted by molar-refractivity contribution is 6.07. The Kier molecular flexibility index (Phi) is 5.24. The number of carbonyl (C=O) groups excluding carboxylic acids is 1. The van der Waals surface area contributed by atoms with Gasteiger partial charge in [-0.05, 0) is 29.7 Å². The first-order valence-electron chi connectivity index (χ1n) is 10.8. The number of urea groups is 1. The predicted octanol–water partition coefficient (Wildman–Crippen LogP) is 4.06. The summed E-state index contributed by atoms with van der Waals surface area (Å²) in [5.74, 6) is 1.07. The van der Waals surface area contributed by atoms with Gasteiger partial charge in [0.1, 0.15) is 11.9 Å². The highest BCUT2D eigenvalue weighted by atomic mass is 19.1. The third kappa shape index (κ3) is 3.90. The first kappa shape index (κ1) is 21.0. The van der Waals surface area contributed by atoms with Gasteiger partial charge in [0, 0.05) is 36.4 Å². The number of nitrogens with one attached hydrogen (secondary N) is 1. The summed E-state index contributed by atoms with van der Waals surface area (Å²) < 4.78 is 20.0. The zero-order valence-corrected chi connectivity index (χ0v) is 18.5. The van der Waals surface area contributed by atoms with Gasteiger partial charge in [-0.15, -0.1) is 10.2 Å². The van der Waals surface area contributed by atoms with Crippen molar-refractivity contribution in [2.75, 3.05) is 0 Å². The number of fused-ring (bicyclic) bond motifs is 1. The van der Waals surface area contributed by atoms with Crippen LogP contribution >= 0.6 is 0 Å². The van der Waals surface area contributed by atoms with Crippen LogP contribution in [0.1, 0.15) is 42.3 Å². The van der Waals surface area contributed by atoms with Crippen molar-refractivity contribution >= 4 is 18.1 Å². The smallest absolute Gasteiger partial charge is 0.320 e. The fraction of sp³-hybridized carbons (Fsp3) is 0.292. The maximum absolute atomic E-state index is 14.5. The third-order valence-electron chi connectivity index (χ3n) is 5.75. The molecule has 1 saturated heterocycles. The summed E-state index contributed by atoms with van der Waals surface area (Å²) in [7, 11) is 0. The molecule has 8 nitrogen and oxygen atoms in total. The summed E-state index contributed by atoms with van der Waals surface area (Å²) >= 11 is 0. The second kappa shape index (κ2) is 8.23. The van der Waals surface area contributed by atoms with Crippen molar-refractivity contribution in [1.29, 1.82) is 0 Å². The number of rotatable bonds is 5. The first-order chi connectivity index (χ1) is 15.9. The molecule has 2 atom stereocenters. The Morgan fingerprint density at radius 1 is 1.15 bits per heavy atom. The van der Waals surface area contributed by atoms with Gasteiger partial charge in [-0.2, -0.15) is 0 Å². The minimum absolute atomic E-state index is 0.0302. The highest BCUT2D eigenvalue weighted by Crippen LogP contribution is 2.28. The van der Waals surface area contributed by atoms with Crippen LogP contribution in [0.4, 0.5) is 9.18 Å². The first-order valence-corrected chi connectivity index (χ1v) is 10.8. The number of hydrogen-bond donors (Lipinski definition) is 1. The Bertz CT molecular complexity index is 1260. The van der Waals surface area contributed by atoms with Gasteiger partial charge in [0.15, 0.2) is 12.0 Å². The molecule has 0 spiro atoms. The van der Waals surface area contributed by atoms with Crippen molar-refractivity contribution in [1.82, 2.24) is 20.4 Å². The van der Waals surface area contributed by atoms with Gasteiger partial charge in [0.25, 0.3) is 0 Å². The molecule has 3 aromatic rings. The Morgan fingerprint density at radius 2 is 1.94 bits per heavy atom. The predicted molar refractivity (Wildman–Crippen MR) is 122 cm³/mol. The Morgan fingerprint density at radius 3 is 2.64 bits per heavy atom. The van der Waals surface area contributed by atoms with Crippen LogP contribution < -0.4 is 5.32 Å². The van der Waals surface area contributed by atoms with Crippen LogP contribution in [-0.4, -0.2) is 45.4 Å². The molecule has 1 fully saturated rings. The number of aromatic nitrogens is 2. The number of hydrogen-bond acceptors (Lipinski definition) is 6. The Labute approximate surface area is 190 Å². The molecule has 168 valence electrons. The second-order valence-electron chi connectivity index (χ2n) is 8.43. The minimum atomic E-state index is -0.466. The summed E-state index contributed by atoms with van der Waals surface area (Å²) in [6.45, 7) is 5.97. The van der Waals surface area contributed by atoms with Crippen LogP contribution in [-0.2, 0) is 6.54 Å². The summed E-state index contributed by atoms with van der Waals surface area (Å²) in [5, 5.41) is 10.8. The van der Waals surface area contributed by atoms with E-state index < -0.39 is 6.17 Å². The molecule has 0 radical (unpaired) electrons. The van der Waals surface area contributed by atoms with Crippen molar-refractivity contribution in [3.63, 3.8) is 0 Å². The lowest BCUT2D eigenvalue weighted by molar-refractivity contribution is 0.201. The van der Waals surface area contributed by atoms with E-state index in [1.165, 1.54) is 6.07 Å². The lowest BCUT2D eigenvalue weighted by Gasteiger charge is -2.25. The molecule has 2 aliphatic heterocycles. The fourth-order valence-electron chi connectivity index (χ4n) is 4.17. The minimum Gasteiger partial charge on any atom is -0.421 e. The van der Waals surface area contributed by atoms with E-state index in [-0.39, 0.29) is 23.8 Å². The van der Waals surface area contributed by atoms with Gasteiger partial charge in [0.2, 0.25) is 11.8 Å². The fourth-order valence-corrected chi connectivity index (χ4v) is 4.17. The maximum atomic E-state index is 14.5. The van der Waals surface area contributed by atoms with E-state index in [1.54, 1.807) is 24.1 Å². The van der Waals surface area contributed by atoms with E-state index in [2.05, 4.69) is 20.5 Å². The molecule has 0 bridgehead atoms. The Hall–Kier alpha value is -3.88. The van der Waals surface area contributed by atoms with Gasteiger partial charge in [0.05, 0.1) is 0 Å². The van der Waals surface area contributed by atoms with Crippen molar-refractivity contribution < 1.29 is 13.6 Å². The summed E-state index contributed by atoms with van der Waals surface area (Å²) in [5.41, 5.74) is 2.96. The quantitative estimate of drug-likeness (QED) is 0.639. The van der Waals surface area contributed by atoms with Gasteiger partial charge in [-0.1, -0.05) is 38.1 Å². The van der Waals surface area contributed by atoms with Gasteiger partial charge in [-0.3, -0.25) is 4.90 Å². The molecule has 2 aliphatic rings. The molecular weight excluding hydrogens is 423 g/mol. The standard InChI is InChI=1S/C24H23FN6O2/c1-13(2)20-17(5-4-6-18(20)25)21-26-11-19-22(28-21)31(24(32)27-19)12-15-7-9-16(10-8-15)23-30-29-14(3)33-23/h4-11,13,19,22H,12H2,1-3H3,(H,27,32). The van der Waals surface area contributed by atoms with E-state index in [0.29, 0.717) is 35.3 Å². The van der Waals surface area contributed by atoms with Crippen molar-refractivity contribution in [2.24, 2.45) is 9.98 Å². The average molecular weight is 446 g/mol. The monoisotopic (exact) mass is 446 g/mol. The van der Waals surface area contributed by atoms with Crippen LogP contribution in [0, 0.1) is 12.7 Å². The molecule has 1 aromatic heterocycles. The lowest BCUT2D eigenvalue weighted by Crippen LogP contribution is -2.39. The normalized spacial score (nSPS) is 19.6. The van der Waals surface area contributed by atoms with Crippen LogP contribution in [0.3, 0.4) is 0 Å². The number of carbonyl (C=O) groups is 1. The van der Waals surface area contributed by atoms with Crippen molar-refractivity contribution in [3.8, 4) is 11.5 Å².